The molecule has 0 aliphatic carbocycles. The fraction of sp³-hybridized carbons (Fsp3) is 0.238. The molecular weight excluding hydrogens is 362 g/mol. The normalized spacial score (nSPS) is 11.9. The third-order valence-electron chi connectivity index (χ3n) is 4.35. The Morgan fingerprint density at radius 2 is 1.89 bits per heavy atom. The minimum atomic E-state index is -0.171. The highest BCUT2D eigenvalue weighted by molar-refractivity contribution is 6.30. The first kappa shape index (κ1) is 19.0. The largest absolute Gasteiger partial charge is 0.483 e. The molecular formula is C21H22ClN3O2. The highest BCUT2D eigenvalue weighted by Crippen LogP contribution is 2.27. The molecule has 2 aromatic carbocycles. The Bertz CT molecular complexity index is 898. The van der Waals surface area contributed by atoms with E-state index in [9.17, 15) is 4.79 Å². The molecule has 1 aromatic heterocycles. The Balaban J connectivity index is 1.58. The molecule has 0 spiro atoms. The fourth-order valence-electron chi connectivity index (χ4n) is 2.98. The Morgan fingerprint density at radius 3 is 2.48 bits per heavy atom. The van der Waals surface area contributed by atoms with Crippen LogP contribution < -0.4 is 10.1 Å². The van der Waals surface area contributed by atoms with Crippen molar-refractivity contribution in [2.45, 2.75) is 26.8 Å². The van der Waals surface area contributed by atoms with Gasteiger partial charge in [0.25, 0.3) is 5.91 Å². The van der Waals surface area contributed by atoms with Crippen LogP contribution in [0.15, 0.2) is 55.1 Å². The van der Waals surface area contributed by atoms with Crippen molar-refractivity contribution in [1.29, 1.82) is 0 Å². The summed E-state index contributed by atoms with van der Waals surface area (Å²) in [5.74, 6) is 0.529. The second-order valence-electron chi connectivity index (χ2n) is 6.51. The van der Waals surface area contributed by atoms with E-state index in [4.69, 9.17) is 16.3 Å². The van der Waals surface area contributed by atoms with Crippen LogP contribution in [-0.4, -0.2) is 22.1 Å². The second kappa shape index (κ2) is 8.27. The highest BCUT2D eigenvalue weighted by Gasteiger charge is 2.12. The Kier molecular flexibility index (Phi) is 5.81. The van der Waals surface area contributed by atoms with Gasteiger partial charge in [-0.1, -0.05) is 23.7 Å². The zero-order valence-electron chi connectivity index (χ0n) is 15.6. The number of amides is 1. The number of halogens is 1. The number of hydrogen-bond acceptors (Lipinski definition) is 3. The van der Waals surface area contributed by atoms with Crippen LogP contribution in [0.25, 0.3) is 5.69 Å². The number of aryl methyl sites for hydroxylation is 2. The summed E-state index contributed by atoms with van der Waals surface area (Å²) < 4.78 is 7.64. The average molecular weight is 384 g/mol. The smallest absolute Gasteiger partial charge is 0.258 e. The number of nitrogens with one attached hydrogen (secondary N) is 1. The predicted molar refractivity (Wildman–Crippen MR) is 107 cm³/mol. The number of imidazole rings is 1. The summed E-state index contributed by atoms with van der Waals surface area (Å²) in [6.07, 6.45) is 5.37. The number of benzene rings is 2. The molecule has 0 saturated heterocycles. The number of nitrogens with zero attached hydrogens (tertiary/aromatic N) is 2. The molecule has 1 heterocycles. The summed E-state index contributed by atoms with van der Waals surface area (Å²) in [5, 5.41) is 3.62. The van der Waals surface area contributed by atoms with Gasteiger partial charge in [-0.15, -0.1) is 0 Å². The summed E-state index contributed by atoms with van der Waals surface area (Å²) in [7, 11) is 0. The monoisotopic (exact) mass is 383 g/mol. The second-order valence-corrected chi connectivity index (χ2v) is 6.94. The van der Waals surface area contributed by atoms with Crippen molar-refractivity contribution in [3.8, 4) is 11.4 Å². The minimum absolute atomic E-state index is 0.0409. The number of carbonyl (C=O) groups is 1. The van der Waals surface area contributed by atoms with E-state index in [0.717, 1.165) is 22.4 Å². The minimum Gasteiger partial charge on any atom is -0.483 e. The third kappa shape index (κ3) is 4.68. The highest BCUT2D eigenvalue weighted by atomic mass is 35.5. The maximum Gasteiger partial charge on any atom is 0.258 e. The number of rotatable bonds is 6. The van der Waals surface area contributed by atoms with Gasteiger partial charge in [0.2, 0.25) is 0 Å². The SMILES string of the molecule is Cc1cc(Cl)cc(C)c1OCC(=O)NC(C)c1ccc(-n2ccnc2)cc1. The first-order valence-corrected chi connectivity index (χ1v) is 9.09. The van der Waals surface area contributed by atoms with Crippen molar-refractivity contribution >= 4 is 17.5 Å². The first-order valence-electron chi connectivity index (χ1n) is 8.71. The number of hydrogen-bond donors (Lipinski definition) is 1. The number of ether oxygens (including phenoxy) is 1. The van der Waals surface area contributed by atoms with Crippen molar-refractivity contribution in [3.05, 3.63) is 76.8 Å². The van der Waals surface area contributed by atoms with Crippen molar-refractivity contribution < 1.29 is 9.53 Å². The molecule has 0 fully saturated rings. The lowest BCUT2D eigenvalue weighted by molar-refractivity contribution is -0.123. The summed E-state index contributed by atoms with van der Waals surface area (Å²) in [5.41, 5.74) is 3.87. The van der Waals surface area contributed by atoms with Crippen LogP contribution in [0, 0.1) is 13.8 Å². The van der Waals surface area contributed by atoms with E-state index in [0.29, 0.717) is 10.8 Å². The van der Waals surface area contributed by atoms with Crippen LogP contribution in [0.2, 0.25) is 5.02 Å². The van der Waals surface area contributed by atoms with Gasteiger partial charge in [-0.25, -0.2) is 4.98 Å². The number of aromatic nitrogens is 2. The molecule has 3 rings (SSSR count). The van der Waals surface area contributed by atoms with Gasteiger partial charge in [-0.3, -0.25) is 4.79 Å². The van der Waals surface area contributed by atoms with E-state index in [1.165, 1.54) is 0 Å². The van der Waals surface area contributed by atoms with Crippen LogP contribution >= 0.6 is 11.6 Å². The molecule has 0 saturated carbocycles. The van der Waals surface area contributed by atoms with E-state index in [-0.39, 0.29) is 18.6 Å². The fourth-order valence-corrected chi connectivity index (χ4v) is 3.30. The quantitative estimate of drug-likeness (QED) is 0.686. The van der Waals surface area contributed by atoms with Crippen LogP contribution in [0.5, 0.6) is 5.75 Å². The van der Waals surface area contributed by atoms with Gasteiger partial charge < -0.3 is 14.6 Å². The molecule has 1 atom stereocenters. The molecule has 1 amide bonds. The van der Waals surface area contributed by atoms with E-state index in [1.807, 2.05) is 67.9 Å². The van der Waals surface area contributed by atoms with Crippen LogP contribution in [-0.2, 0) is 4.79 Å². The topological polar surface area (TPSA) is 56.1 Å². The molecule has 140 valence electrons. The molecule has 1 N–H and O–H groups in total. The summed E-state index contributed by atoms with van der Waals surface area (Å²) >= 11 is 6.03. The maximum atomic E-state index is 12.3. The maximum absolute atomic E-state index is 12.3. The average Bonchev–Trinajstić information content (AvgIpc) is 3.15. The summed E-state index contributed by atoms with van der Waals surface area (Å²) in [6.45, 7) is 5.73. The van der Waals surface area contributed by atoms with Gasteiger partial charge in [-0.2, -0.15) is 0 Å². The van der Waals surface area contributed by atoms with E-state index in [1.54, 1.807) is 12.5 Å². The van der Waals surface area contributed by atoms with E-state index < -0.39 is 0 Å². The predicted octanol–water partition coefficient (Wildman–Crippen LogP) is 4.40. The van der Waals surface area contributed by atoms with E-state index >= 15 is 0 Å². The molecule has 3 aromatic rings. The first-order chi connectivity index (χ1) is 12.9. The van der Waals surface area contributed by atoms with Crippen molar-refractivity contribution in [2.24, 2.45) is 0 Å². The molecule has 0 bridgehead atoms. The van der Waals surface area contributed by atoms with Gasteiger partial charge in [0.15, 0.2) is 6.61 Å². The van der Waals surface area contributed by atoms with Gasteiger partial charge in [0, 0.05) is 23.1 Å². The molecule has 5 nitrogen and oxygen atoms in total. The van der Waals surface area contributed by atoms with Crippen LogP contribution in [0.4, 0.5) is 0 Å². The van der Waals surface area contributed by atoms with Gasteiger partial charge >= 0.3 is 0 Å². The molecule has 1 unspecified atom stereocenters. The Labute approximate surface area is 164 Å². The Hall–Kier alpha value is -2.79. The lowest BCUT2D eigenvalue weighted by Crippen LogP contribution is -2.31. The zero-order chi connectivity index (χ0) is 19.4. The van der Waals surface area contributed by atoms with E-state index in [2.05, 4.69) is 10.3 Å². The van der Waals surface area contributed by atoms with Crippen molar-refractivity contribution in [2.75, 3.05) is 6.61 Å². The number of carbonyl (C=O) groups excluding carboxylic acids is 1. The van der Waals surface area contributed by atoms with Crippen LogP contribution in [0.1, 0.15) is 29.7 Å². The lowest BCUT2D eigenvalue weighted by Gasteiger charge is -2.17. The van der Waals surface area contributed by atoms with Gasteiger partial charge in [0.05, 0.1) is 12.4 Å². The van der Waals surface area contributed by atoms with Gasteiger partial charge in [0.1, 0.15) is 5.75 Å². The van der Waals surface area contributed by atoms with Gasteiger partial charge in [-0.05, 0) is 61.7 Å². The molecule has 27 heavy (non-hydrogen) atoms. The molecule has 0 aliphatic heterocycles. The molecule has 6 heteroatoms. The van der Waals surface area contributed by atoms with Crippen LogP contribution in [0.3, 0.4) is 0 Å². The Morgan fingerprint density at radius 1 is 1.22 bits per heavy atom. The standard InChI is InChI=1S/C21H22ClN3O2/c1-14-10-18(22)11-15(2)21(14)27-12-20(26)24-16(3)17-4-6-19(7-5-17)25-9-8-23-13-25/h4-11,13,16H,12H2,1-3H3,(H,24,26). The summed E-state index contributed by atoms with van der Waals surface area (Å²) in [4.78, 5) is 16.3. The molecule has 0 aliphatic rings. The van der Waals surface area contributed by atoms with Crippen molar-refractivity contribution in [1.82, 2.24) is 14.9 Å². The zero-order valence-corrected chi connectivity index (χ0v) is 16.3. The van der Waals surface area contributed by atoms with Crippen molar-refractivity contribution in [3.63, 3.8) is 0 Å². The molecule has 0 radical (unpaired) electrons. The third-order valence-corrected chi connectivity index (χ3v) is 4.56. The lowest BCUT2D eigenvalue weighted by atomic mass is 10.1. The summed E-state index contributed by atoms with van der Waals surface area (Å²) in [6, 6.07) is 11.5.